The standard InChI is InChI=1S/C18H25NO2/c1-12-6-7-15(18(3,4)5)16(8-12)20-11-14-9-13(2)17(10-19)21-14/h6-9H,10-11,19H2,1-5H3. The summed E-state index contributed by atoms with van der Waals surface area (Å²) in [4.78, 5) is 0. The van der Waals surface area contributed by atoms with Crippen LogP contribution < -0.4 is 10.5 Å². The van der Waals surface area contributed by atoms with Gasteiger partial charge < -0.3 is 14.9 Å². The lowest BCUT2D eigenvalue weighted by atomic mass is 9.86. The van der Waals surface area contributed by atoms with E-state index in [1.54, 1.807) is 0 Å². The van der Waals surface area contributed by atoms with E-state index in [2.05, 4.69) is 45.9 Å². The zero-order chi connectivity index (χ0) is 15.6. The molecule has 2 rings (SSSR count). The number of ether oxygens (including phenoxy) is 1. The number of rotatable bonds is 4. The van der Waals surface area contributed by atoms with Crippen LogP contribution in [0.4, 0.5) is 0 Å². The molecule has 1 heterocycles. The molecule has 0 spiro atoms. The topological polar surface area (TPSA) is 48.4 Å². The highest BCUT2D eigenvalue weighted by Gasteiger charge is 2.19. The van der Waals surface area contributed by atoms with Crippen molar-refractivity contribution in [3.8, 4) is 5.75 Å². The molecular formula is C18H25NO2. The Hall–Kier alpha value is -1.74. The predicted molar refractivity (Wildman–Crippen MR) is 85.5 cm³/mol. The predicted octanol–water partition coefficient (Wildman–Crippen LogP) is 4.23. The zero-order valence-corrected chi connectivity index (χ0v) is 13.6. The minimum absolute atomic E-state index is 0.0462. The van der Waals surface area contributed by atoms with Crippen LogP contribution in [-0.2, 0) is 18.6 Å². The molecule has 0 atom stereocenters. The van der Waals surface area contributed by atoms with Crippen LogP contribution in [0.5, 0.6) is 5.75 Å². The molecule has 0 aliphatic rings. The summed E-state index contributed by atoms with van der Waals surface area (Å²) in [6.07, 6.45) is 0. The van der Waals surface area contributed by atoms with E-state index < -0.39 is 0 Å². The summed E-state index contributed by atoms with van der Waals surface area (Å²) in [7, 11) is 0. The van der Waals surface area contributed by atoms with Gasteiger partial charge in [-0.25, -0.2) is 0 Å². The number of furan rings is 1. The lowest BCUT2D eigenvalue weighted by molar-refractivity contribution is 0.260. The van der Waals surface area contributed by atoms with Crippen molar-refractivity contribution in [1.82, 2.24) is 0 Å². The molecule has 3 nitrogen and oxygen atoms in total. The first kappa shape index (κ1) is 15.6. The van der Waals surface area contributed by atoms with Gasteiger partial charge in [0.1, 0.15) is 23.9 Å². The molecule has 0 radical (unpaired) electrons. The van der Waals surface area contributed by atoms with Crippen LogP contribution in [0, 0.1) is 13.8 Å². The maximum Gasteiger partial charge on any atom is 0.146 e. The van der Waals surface area contributed by atoms with Gasteiger partial charge in [-0.3, -0.25) is 0 Å². The highest BCUT2D eigenvalue weighted by Crippen LogP contribution is 2.32. The quantitative estimate of drug-likeness (QED) is 0.915. The van der Waals surface area contributed by atoms with Crippen LogP contribution in [0.15, 0.2) is 28.7 Å². The van der Waals surface area contributed by atoms with Crippen molar-refractivity contribution >= 4 is 0 Å². The smallest absolute Gasteiger partial charge is 0.146 e. The number of aryl methyl sites for hydroxylation is 2. The number of hydrogen-bond acceptors (Lipinski definition) is 3. The second-order valence-electron chi connectivity index (χ2n) is 6.56. The van der Waals surface area contributed by atoms with Gasteiger partial charge in [0.15, 0.2) is 0 Å². The fraction of sp³-hybridized carbons (Fsp3) is 0.444. The monoisotopic (exact) mass is 287 g/mol. The average Bonchev–Trinajstić information content (AvgIpc) is 2.75. The minimum atomic E-state index is 0.0462. The number of benzene rings is 1. The molecule has 1 aromatic heterocycles. The molecule has 0 aliphatic heterocycles. The van der Waals surface area contributed by atoms with Crippen LogP contribution in [0.2, 0.25) is 0 Å². The van der Waals surface area contributed by atoms with E-state index in [1.165, 1.54) is 11.1 Å². The van der Waals surface area contributed by atoms with Crippen LogP contribution in [-0.4, -0.2) is 0 Å². The molecule has 0 amide bonds. The molecule has 0 unspecified atom stereocenters. The van der Waals surface area contributed by atoms with Crippen molar-refractivity contribution in [2.45, 2.75) is 53.2 Å². The van der Waals surface area contributed by atoms with Crippen LogP contribution in [0.1, 0.15) is 49.0 Å². The van der Waals surface area contributed by atoms with Crippen molar-refractivity contribution in [3.63, 3.8) is 0 Å². The molecule has 0 saturated carbocycles. The van der Waals surface area contributed by atoms with E-state index in [0.29, 0.717) is 13.2 Å². The first-order chi connectivity index (χ1) is 9.81. The molecule has 2 N–H and O–H groups in total. The Balaban J connectivity index is 2.21. The Morgan fingerprint density at radius 2 is 1.86 bits per heavy atom. The average molecular weight is 287 g/mol. The van der Waals surface area contributed by atoms with Gasteiger partial charge in [-0.1, -0.05) is 32.9 Å². The second kappa shape index (κ2) is 5.94. The highest BCUT2D eigenvalue weighted by molar-refractivity contribution is 5.41. The highest BCUT2D eigenvalue weighted by atomic mass is 16.5. The molecule has 1 aromatic carbocycles. The fourth-order valence-electron chi connectivity index (χ4n) is 2.38. The van der Waals surface area contributed by atoms with Crippen molar-refractivity contribution in [3.05, 3.63) is 52.5 Å². The van der Waals surface area contributed by atoms with Gasteiger partial charge >= 0.3 is 0 Å². The molecule has 0 fully saturated rings. The second-order valence-corrected chi connectivity index (χ2v) is 6.56. The first-order valence-electron chi connectivity index (χ1n) is 7.33. The Morgan fingerprint density at radius 3 is 2.43 bits per heavy atom. The van der Waals surface area contributed by atoms with Crippen molar-refractivity contribution in [2.24, 2.45) is 5.73 Å². The Kier molecular flexibility index (Phi) is 4.43. The summed E-state index contributed by atoms with van der Waals surface area (Å²) in [6.45, 7) is 11.5. The molecule has 21 heavy (non-hydrogen) atoms. The van der Waals surface area contributed by atoms with E-state index in [0.717, 1.165) is 22.8 Å². The van der Waals surface area contributed by atoms with Gasteiger partial charge in [0.05, 0.1) is 6.54 Å². The normalized spacial score (nSPS) is 11.7. The van der Waals surface area contributed by atoms with Gasteiger partial charge in [0, 0.05) is 0 Å². The van der Waals surface area contributed by atoms with Crippen molar-refractivity contribution < 1.29 is 9.15 Å². The molecule has 3 heteroatoms. The van der Waals surface area contributed by atoms with Crippen molar-refractivity contribution in [2.75, 3.05) is 0 Å². The van der Waals surface area contributed by atoms with Gasteiger partial charge in [-0.05, 0) is 48.1 Å². The van der Waals surface area contributed by atoms with E-state index in [9.17, 15) is 0 Å². The summed E-state index contributed by atoms with van der Waals surface area (Å²) < 4.78 is 11.7. The number of hydrogen-bond donors (Lipinski definition) is 1. The number of nitrogens with two attached hydrogens (primary N) is 1. The third-order valence-corrected chi connectivity index (χ3v) is 3.57. The molecule has 2 aromatic rings. The molecule has 0 bridgehead atoms. The van der Waals surface area contributed by atoms with Gasteiger partial charge in [-0.15, -0.1) is 0 Å². The first-order valence-corrected chi connectivity index (χ1v) is 7.33. The Bertz CT molecular complexity index is 621. The van der Waals surface area contributed by atoms with E-state index in [1.807, 2.05) is 13.0 Å². The lowest BCUT2D eigenvalue weighted by Crippen LogP contribution is -2.13. The van der Waals surface area contributed by atoms with Gasteiger partial charge in [-0.2, -0.15) is 0 Å². The summed E-state index contributed by atoms with van der Waals surface area (Å²) in [5.74, 6) is 2.56. The maximum absolute atomic E-state index is 6.01. The van der Waals surface area contributed by atoms with Gasteiger partial charge in [0.2, 0.25) is 0 Å². The van der Waals surface area contributed by atoms with Crippen molar-refractivity contribution in [1.29, 1.82) is 0 Å². The van der Waals surface area contributed by atoms with E-state index in [4.69, 9.17) is 14.9 Å². The summed E-state index contributed by atoms with van der Waals surface area (Å²) in [5.41, 5.74) is 9.16. The minimum Gasteiger partial charge on any atom is -0.485 e. The third-order valence-electron chi connectivity index (χ3n) is 3.57. The van der Waals surface area contributed by atoms with Crippen LogP contribution >= 0.6 is 0 Å². The zero-order valence-electron chi connectivity index (χ0n) is 13.6. The SMILES string of the molecule is Cc1ccc(C(C)(C)C)c(OCc2cc(C)c(CN)o2)c1. The van der Waals surface area contributed by atoms with E-state index in [-0.39, 0.29) is 5.41 Å². The van der Waals surface area contributed by atoms with E-state index >= 15 is 0 Å². The lowest BCUT2D eigenvalue weighted by Gasteiger charge is -2.23. The summed E-state index contributed by atoms with van der Waals surface area (Å²) in [5, 5.41) is 0. The van der Waals surface area contributed by atoms with Crippen LogP contribution in [0.25, 0.3) is 0 Å². The van der Waals surface area contributed by atoms with Crippen LogP contribution in [0.3, 0.4) is 0 Å². The summed E-state index contributed by atoms with van der Waals surface area (Å²) >= 11 is 0. The molecular weight excluding hydrogens is 262 g/mol. The molecule has 0 saturated heterocycles. The summed E-state index contributed by atoms with van der Waals surface area (Å²) in [6, 6.07) is 8.34. The molecule has 114 valence electrons. The van der Waals surface area contributed by atoms with Gasteiger partial charge in [0.25, 0.3) is 0 Å². The Morgan fingerprint density at radius 1 is 1.14 bits per heavy atom. The largest absolute Gasteiger partial charge is 0.485 e. The molecule has 0 aliphatic carbocycles. The Labute approximate surface area is 127 Å². The maximum atomic E-state index is 6.01. The fourth-order valence-corrected chi connectivity index (χ4v) is 2.38. The third kappa shape index (κ3) is 3.67.